The van der Waals surface area contributed by atoms with Gasteiger partial charge in [0.05, 0.1) is 0 Å². The van der Waals surface area contributed by atoms with Gasteiger partial charge in [0.1, 0.15) is 0 Å². The molecule has 0 radical (unpaired) electrons. The van der Waals surface area contributed by atoms with Crippen molar-refractivity contribution in [3.63, 3.8) is 0 Å². The Bertz CT molecular complexity index is 487. The average molecular weight is 435 g/mol. The summed E-state index contributed by atoms with van der Waals surface area (Å²) in [5.74, 6) is 3.99. The third-order valence-electron chi connectivity index (χ3n) is 4.64. The van der Waals surface area contributed by atoms with Gasteiger partial charge in [-0.25, -0.2) is 0 Å². The molecule has 0 saturated carbocycles. The van der Waals surface area contributed by atoms with Gasteiger partial charge in [-0.1, -0.05) is 31.8 Å². The Kier molecular flexibility index (Phi) is 8.86. The van der Waals surface area contributed by atoms with Gasteiger partial charge in [-0.05, 0) is 25.2 Å². The highest BCUT2D eigenvalue weighted by Gasteiger charge is 2.29. The van der Waals surface area contributed by atoms with E-state index in [2.05, 4.69) is 39.2 Å². The lowest BCUT2D eigenvalue weighted by atomic mass is 9.87. The molecule has 6 nitrogen and oxygen atoms in total. The quantitative estimate of drug-likeness (QED) is 0.423. The van der Waals surface area contributed by atoms with Crippen molar-refractivity contribution in [2.75, 3.05) is 26.7 Å². The molecule has 1 aromatic heterocycles. The first kappa shape index (κ1) is 20.2. The predicted molar refractivity (Wildman–Crippen MR) is 103 cm³/mol. The van der Waals surface area contributed by atoms with Crippen molar-refractivity contribution in [2.45, 2.75) is 46.5 Å². The van der Waals surface area contributed by atoms with Crippen LogP contribution in [-0.2, 0) is 6.42 Å². The standard InChI is InChI=1S/C16H29N5O.HI/c1-5-13(6-2)14-8-10-21(11-14)16(17-4)18-9-7-15-19-12(3)20-22-15;/h13-14H,5-11H2,1-4H3,(H,17,18);1H. The van der Waals surface area contributed by atoms with Crippen molar-refractivity contribution >= 4 is 29.9 Å². The summed E-state index contributed by atoms with van der Waals surface area (Å²) in [6.45, 7) is 9.42. The highest BCUT2D eigenvalue weighted by atomic mass is 127. The fourth-order valence-electron chi connectivity index (χ4n) is 3.37. The predicted octanol–water partition coefficient (Wildman–Crippen LogP) is 2.87. The molecule has 1 aliphatic rings. The highest BCUT2D eigenvalue weighted by molar-refractivity contribution is 14.0. The molecule has 1 N–H and O–H groups in total. The summed E-state index contributed by atoms with van der Waals surface area (Å²) < 4.78 is 5.13. The van der Waals surface area contributed by atoms with Gasteiger partial charge in [-0.15, -0.1) is 24.0 Å². The molecule has 0 aromatic carbocycles. The van der Waals surface area contributed by atoms with E-state index in [0.717, 1.165) is 43.9 Å². The van der Waals surface area contributed by atoms with Crippen molar-refractivity contribution in [3.05, 3.63) is 11.7 Å². The van der Waals surface area contributed by atoms with Crippen LogP contribution in [0.15, 0.2) is 9.52 Å². The van der Waals surface area contributed by atoms with Gasteiger partial charge in [0.2, 0.25) is 5.89 Å². The molecule has 2 rings (SSSR count). The Morgan fingerprint density at radius 1 is 1.43 bits per heavy atom. The maximum atomic E-state index is 5.13. The summed E-state index contributed by atoms with van der Waals surface area (Å²) in [6.07, 6.45) is 4.55. The lowest BCUT2D eigenvalue weighted by Gasteiger charge is -2.24. The molecule has 0 bridgehead atoms. The molecule has 1 aliphatic heterocycles. The lowest BCUT2D eigenvalue weighted by Crippen LogP contribution is -2.41. The Morgan fingerprint density at radius 2 is 2.17 bits per heavy atom. The smallest absolute Gasteiger partial charge is 0.228 e. The molecule has 1 saturated heterocycles. The van der Waals surface area contributed by atoms with E-state index in [0.29, 0.717) is 11.7 Å². The summed E-state index contributed by atoms with van der Waals surface area (Å²) in [7, 11) is 1.85. The van der Waals surface area contributed by atoms with Crippen LogP contribution in [-0.4, -0.2) is 47.7 Å². The second kappa shape index (κ2) is 10.1. The minimum absolute atomic E-state index is 0. The number of aromatic nitrogens is 2. The van der Waals surface area contributed by atoms with Crippen molar-refractivity contribution in [1.29, 1.82) is 0 Å². The first-order chi connectivity index (χ1) is 10.7. The largest absolute Gasteiger partial charge is 0.356 e. The molecular formula is C16H30IN5O. The second-order valence-corrected chi connectivity index (χ2v) is 6.03. The fourth-order valence-corrected chi connectivity index (χ4v) is 3.37. The number of guanidine groups is 1. The molecule has 1 fully saturated rings. The molecule has 23 heavy (non-hydrogen) atoms. The topological polar surface area (TPSA) is 66.5 Å². The van der Waals surface area contributed by atoms with Crippen molar-refractivity contribution in [1.82, 2.24) is 20.4 Å². The Morgan fingerprint density at radius 3 is 2.74 bits per heavy atom. The summed E-state index contributed by atoms with van der Waals surface area (Å²) in [6, 6.07) is 0. The number of halogens is 1. The summed E-state index contributed by atoms with van der Waals surface area (Å²) in [5, 5.41) is 7.22. The molecule has 0 spiro atoms. The molecule has 1 unspecified atom stereocenters. The summed E-state index contributed by atoms with van der Waals surface area (Å²) >= 11 is 0. The van der Waals surface area contributed by atoms with Crippen LogP contribution in [0.5, 0.6) is 0 Å². The van der Waals surface area contributed by atoms with Crippen molar-refractivity contribution in [2.24, 2.45) is 16.8 Å². The van der Waals surface area contributed by atoms with E-state index in [1.54, 1.807) is 0 Å². The molecule has 132 valence electrons. The van der Waals surface area contributed by atoms with E-state index in [1.165, 1.54) is 19.3 Å². The Labute approximate surface area is 156 Å². The summed E-state index contributed by atoms with van der Waals surface area (Å²) in [4.78, 5) is 11.0. The number of likely N-dealkylation sites (tertiary alicyclic amines) is 1. The first-order valence-electron chi connectivity index (χ1n) is 8.42. The zero-order chi connectivity index (χ0) is 15.9. The number of hydrogen-bond donors (Lipinski definition) is 1. The highest BCUT2D eigenvalue weighted by Crippen LogP contribution is 2.28. The molecular weight excluding hydrogens is 405 g/mol. The number of aryl methyl sites for hydroxylation is 1. The third kappa shape index (κ3) is 5.61. The Hall–Kier alpha value is -0.860. The third-order valence-corrected chi connectivity index (χ3v) is 4.64. The van der Waals surface area contributed by atoms with E-state index >= 15 is 0 Å². The summed E-state index contributed by atoms with van der Waals surface area (Å²) in [5.41, 5.74) is 0. The molecule has 0 aliphatic carbocycles. The van der Waals surface area contributed by atoms with E-state index < -0.39 is 0 Å². The van der Waals surface area contributed by atoms with E-state index in [1.807, 2.05) is 14.0 Å². The Balaban J connectivity index is 0.00000264. The van der Waals surface area contributed by atoms with Gasteiger partial charge in [0.15, 0.2) is 11.8 Å². The SMILES string of the molecule is CCC(CC)C1CCN(C(=NC)NCCc2nc(C)no2)C1.I. The van der Waals surface area contributed by atoms with Gasteiger partial charge >= 0.3 is 0 Å². The normalized spacial score (nSPS) is 18.4. The first-order valence-corrected chi connectivity index (χ1v) is 8.42. The number of nitrogens with zero attached hydrogens (tertiary/aromatic N) is 4. The van der Waals surface area contributed by atoms with Crippen LogP contribution in [0.1, 0.15) is 44.8 Å². The van der Waals surface area contributed by atoms with E-state index in [-0.39, 0.29) is 24.0 Å². The van der Waals surface area contributed by atoms with E-state index in [4.69, 9.17) is 4.52 Å². The van der Waals surface area contributed by atoms with Gasteiger partial charge in [-0.3, -0.25) is 4.99 Å². The number of hydrogen-bond acceptors (Lipinski definition) is 4. The van der Waals surface area contributed by atoms with Crippen molar-refractivity contribution in [3.8, 4) is 0 Å². The maximum absolute atomic E-state index is 5.13. The number of aliphatic imine (C=N–C) groups is 1. The molecule has 1 atom stereocenters. The van der Waals surface area contributed by atoms with E-state index in [9.17, 15) is 0 Å². The molecule has 1 aromatic rings. The zero-order valence-corrected chi connectivity index (χ0v) is 17.0. The van der Waals surface area contributed by atoms with Gasteiger partial charge in [0, 0.05) is 33.1 Å². The van der Waals surface area contributed by atoms with Crippen molar-refractivity contribution < 1.29 is 4.52 Å². The molecule has 7 heteroatoms. The lowest BCUT2D eigenvalue weighted by molar-refractivity contribution is 0.319. The molecule has 0 amide bonds. The second-order valence-electron chi connectivity index (χ2n) is 6.03. The minimum Gasteiger partial charge on any atom is -0.356 e. The van der Waals surface area contributed by atoms with Gasteiger partial charge in [-0.2, -0.15) is 4.98 Å². The number of nitrogens with one attached hydrogen (secondary N) is 1. The van der Waals surface area contributed by atoms with Crippen LogP contribution in [0.2, 0.25) is 0 Å². The van der Waals surface area contributed by atoms with Crippen LogP contribution in [0.4, 0.5) is 0 Å². The van der Waals surface area contributed by atoms with Gasteiger partial charge < -0.3 is 14.7 Å². The van der Waals surface area contributed by atoms with Crippen LogP contribution in [0, 0.1) is 18.8 Å². The molecule has 2 heterocycles. The fraction of sp³-hybridized carbons (Fsp3) is 0.812. The van der Waals surface area contributed by atoms with Crippen LogP contribution in [0.3, 0.4) is 0 Å². The zero-order valence-electron chi connectivity index (χ0n) is 14.7. The van der Waals surface area contributed by atoms with Crippen LogP contribution in [0.25, 0.3) is 0 Å². The number of rotatable bonds is 6. The van der Waals surface area contributed by atoms with Crippen LogP contribution >= 0.6 is 24.0 Å². The van der Waals surface area contributed by atoms with Crippen LogP contribution < -0.4 is 5.32 Å². The minimum atomic E-state index is 0. The maximum Gasteiger partial charge on any atom is 0.228 e. The monoisotopic (exact) mass is 435 g/mol. The van der Waals surface area contributed by atoms with Gasteiger partial charge in [0.25, 0.3) is 0 Å². The average Bonchev–Trinajstić information content (AvgIpc) is 3.15.